The van der Waals surface area contributed by atoms with E-state index in [-0.39, 0.29) is 30.2 Å². The summed E-state index contributed by atoms with van der Waals surface area (Å²) in [7, 11) is 0. The van der Waals surface area contributed by atoms with E-state index < -0.39 is 0 Å². The number of nitrogens with zero attached hydrogens (tertiary/aromatic N) is 2. The van der Waals surface area contributed by atoms with Crippen molar-refractivity contribution >= 4 is 33.4 Å². The molecule has 6 heteroatoms. The number of hydrogen-bond acceptors (Lipinski definition) is 3. The molecule has 1 aliphatic rings. The Bertz CT molecular complexity index is 795. The van der Waals surface area contributed by atoms with Gasteiger partial charge in [0.05, 0.1) is 17.7 Å². The fourth-order valence-corrected chi connectivity index (χ4v) is 3.21. The highest BCUT2D eigenvalue weighted by molar-refractivity contribution is 9.10. The Labute approximate surface area is 155 Å². The Balaban J connectivity index is 1.67. The van der Waals surface area contributed by atoms with E-state index in [2.05, 4.69) is 26.2 Å². The van der Waals surface area contributed by atoms with Gasteiger partial charge in [0.2, 0.25) is 11.8 Å². The molecular formula is C19H20BrN3O2. The second kappa shape index (κ2) is 7.35. The minimum absolute atomic E-state index is 0.0210. The predicted molar refractivity (Wildman–Crippen MR) is 100 cm³/mol. The monoisotopic (exact) mass is 401 g/mol. The lowest BCUT2D eigenvalue weighted by Gasteiger charge is -2.19. The highest BCUT2D eigenvalue weighted by Gasteiger charge is 2.35. The van der Waals surface area contributed by atoms with E-state index in [1.54, 1.807) is 11.1 Å². The summed E-state index contributed by atoms with van der Waals surface area (Å²) in [6.45, 7) is 4.28. The molecule has 0 aliphatic carbocycles. The molecule has 25 heavy (non-hydrogen) atoms. The number of rotatable bonds is 4. The van der Waals surface area contributed by atoms with Crippen molar-refractivity contribution in [3.05, 3.63) is 58.3 Å². The molecule has 1 saturated heterocycles. The Morgan fingerprint density at radius 1 is 1.36 bits per heavy atom. The van der Waals surface area contributed by atoms with Crippen LogP contribution in [0.5, 0.6) is 0 Å². The van der Waals surface area contributed by atoms with Gasteiger partial charge in [-0.3, -0.25) is 14.6 Å². The van der Waals surface area contributed by atoms with Crippen molar-refractivity contribution in [3.63, 3.8) is 0 Å². The smallest absolute Gasteiger partial charge is 0.227 e. The van der Waals surface area contributed by atoms with E-state index >= 15 is 0 Å². The van der Waals surface area contributed by atoms with Gasteiger partial charge in [-0.1, -0.05) is 22.0 Å². The van der Waals surface area contributed by atoms with Gasteiger partial charge in [-0.2, -0.15) is 0 Å². The van der Waals surface area contributed by atoms with Gasteiger partial charge in [0.1, 0.15) is 0 Å². The van der Waals surface area contributed by atoms with Gasteiger partial charge in [-0.05, 0) is 49.7 Å². The van der Waals surface area contributed by atoms with Crippen LogP contribution in [0.2, 0.25) is 0 Å². The van der Waals surface area contributed by atoms with Crippen LogP contribution in [0.25, 0.3) is 0 Å². The predicted octanol–water partition coefficient (Wildman–Crippen LogP) is 3.38. The van der Waals surface area contributed by atoms with Gasteiger partial charge in [0.25, 0.3) is 0 Å². The second-order valence-corrected chi connectivity index (χ2v) is 7.18. The summed E-state index contributed by atoms with van der Waals surface area (Å²) >= 11 is 3.46. The number of carbonyl (C=O) groups excluding carboxylic acids is 2. The van der Waals surface area contributed by atoms with E-state index in [1.807, 2.05) is 50.2 Å². The fourth-order valence-electron chi connectivity index (χ4n) is 2.97. The van der Waals surface area contributed by atoms with Crippen LogP contribution < -0.4 is 10.2 Å². The molecule has 0 saturated carbocycles. The standard InChI is InChI=1S/C19H20BrN3O2/c1-12-9-15(6-7-16(12)20)23-11-14(10-18(23)24)19(25)22-13(2)17-5-3-4-8-21-17/h3-9,13-14H,10-11H2,1-2H3,(H,22,25). The first-order valence-corrected chi connectivity index (χ1v) is 9.03. The van der Waals surface area contributed by atoms with Crippen LogP contribution in [0.3, 0.4) is 0 Å². The van der Waals surface area contributed by atoms with Gasteiger partial charge in [0.15, 0.2) is 0 Å². The highest BCUT2D eigenvalue weighted by Crippen LogP contribution is 2.29. The molecule has 5 nitrogen and oxygen atoms in total. The van der Waals surface area contributed by atoms with E-state index in [9.17, 15) is 9.59 Å². The lowest BCUT2D eigenvalue weighted by atomic mass is 10.1. The average Bonchev–Trinajstić information content (AvgIpc) is 3.00. The number of amides is 2. The maximum absolute atomic E-state index is 12.5. The number of pyridine rings is 1. The maximum atomic E-state index is 12.5. The molecule has 1 fully saturated rings. The van der Waals surface area contributed by atoms with Gasteiger partial charge >= 0.3 is 0 Å². The lowest BCUT2D eigenvalue weighted by Crippen LogP contribution is -2.34. The largest absolute Gasteiger partial charge is 0.348 e. The van der Waals surface area contributed by atoms with Crippen LogP contribution in [0.4, 0.5) is 5.69 Å². The van der Waals surface area contributed by atoms with Crippen LogP contribution in [-0.2, 0) is 9.59 Å². The van der Waals surface area contributed by atoms with Crippen molar-refractivity contribution in [2.75, 3.05) is 11.4 Å². The van der Waals surface area contributed by atoms with E-state index in [1.165, 1.54) is 0 Å². The number of hydrogen-bond donors (Lipinski definition) is 1. The summed E-state index contributed by atoms with van der Waals surface area (Å²) in [6, 6.07) is 11.2. The zero-order valence-electron chi connectivity index (χ0n) is 14.2. The number of aryl methyl sites for hydroxylation is 1. The van der Waals surface area contributed by atoms with Crippen molar-refractivity contribution in [2.24, 2.45) is 5.92 Å². The van der Waals surface area contributed by atoms with Crippen molar-refractivity contribution < 1.29 is 9.59 Å². The van der Waals surface area contributed by atoms with Crippen molar-refractivity contribution in [2.45, 2.75) is 26.3 Å². The summed E-state index contributed by atoms with van der Waals surface area (Å²) < 4.78 is 1.00. The van der Waals surface area contributed by atoms with Crippen LogP contribution in [-0.4, -0.2) is 23.3 Å². The Kier molecular flexibility index (Phi) is 5.18. The Hall–Kier alpha value is -2.21. The molecule has 1 aromatic carbocycles. The SMILES string of the molecule is Cc1cc(N2CC(C(=O)NC(C)c3ccccn3)CC2=O)ccc1Br. The minimum Gasteiger partial charge on any atom is -0.348 e. The first-order chi connectivity index (χ1) is 12.0. The van der Waals surface area contributed by atoms with Crippen molar-refractivity contribution in [1.82, 2.24) is 10.3 Å². The van der Waals surface area contributed by atoms with Gasteiger partial charge in [-0.15, -0.1) is 0 Å². The third-order valence-corrected chi connectivity index (χ3v) is 5.33. The van der Waals surface area contributed by atoms with Gasteiger partial charge < -0.3 is 10.2 Å². The Morgan fingerprint density at radius 3 is 2.84 bits per heavy atom. The van der Waals surface area contributed by atoms with E-state index in [0.29, 0.717) is 6.54 Å². The molecule has 1 aromatic heterocycles. The minimum atomic E-state index is -0.345. The summed E-state index contributed by atoms with van der Waals surface area (Å²) in [6.07, 6.45) is 1.94. The topological polar surface area (TPSA) is 62.3 Å². The first-order valence-electron chi connectivity index (χ1n) is 8.23. The number of carbonyl (C=O) groups is 2. The zero-order chi connectivity index (χ0) is 18.0. The molecule has 2 heterocycles. The number of aromatic nitrogens is 1. The maximum Gasteiger partial charge on any atom is 0.227 e. The van der Waals surface area contributed by atoms with Crippen LogP contribution in [0.1, 0.15) is 30.6 Å². The van der Waals surface area contributed by atoms with E-state index in [4.69, 9.17) is 0 Å². The molecule has 130 valence electrons. The van der Waals surface area contributed by atoms with Crippen LogP contribution in [0.15, 0.2) is 47.1 Å². The highest BCUT2D eigenvalue weighted by atomic mass is 79.9. The van der Waals surface area contributed by atoms with Gasteiger partial charge in [0, 0.05) is 29.3 Å². The molecule has 2 amide bonds. The molecule has 1 N–H and O–H groups in total. The molecule has 0 radical (unpaired) electrons. The Morgan fingerprint density at radius 2 is 2.16 bits per heavy atom. The third kappa shape index (κ3) is 3.90. The average molecular weight is 402 g/mol. The van der Waals surface area contributed by atoms with E-state index in [0.717, 1.165) is 21.4 Å². The molecule has 0 bridgehead atoms. The van der Waals surface area contributed by atoms with Crippen LogP contribution in [0, 0.1) is 12.8 Å². The van der Waals surface area contributed by atoms with Crippen molar-refractivity contribution in [1.29, 1.82) is 0 Å². The molecule has 2 unspecified atom stereocenters. The molecule has 3 rings (SSSR count). The fraction of sp³-hybridized carbons (Fsp3) is 0.316. The molecule has 1 aliphatic heterocycles. The molecular weight excluding hydrogens is 382 g/mol. The summed E-state index contributed by atoms with van der Waals surface area (Å²) in [5, 5.41) is 2.96. The van der Waals surface area contributed by atoms with Gasteiger partial charge in [-0.25, -0.2) is 0 Å². The summed E-state index contributed by atoms with van der Waals surface area (Å²) in [4.78, 5) is 30.9. The summed E-state index contributed by atoms with van der Waals surface area (Å²) in [5.74, 6) is -0.474. The zero-order valence-corrected chi connectivity index (χ0v) is 15.8. The third-order valence-electron chi connectivity index (χ3n) is 4.44. The molecule has 2 atom stereocenters. The molecule has 0 spiro atoms. The normalized spacial score (nSPS) is 18.3. The summed E-state index contributed by atoms with van der Waals surface area (Å²) in [5.41, 5.74) is 2.70. The first kappa shape index (κ1) is 17.6. The van der Waals surface area contributed by atoms with Crippen LogP contribution >= 0.6 is 15.9 Å². The number of anilines is 1. The molecule has 2 aromatic rings. The number of halogens is 1. The number of benzene rings is 1. The number of nitrogens with one attached hydrogen (secondary N) is 1. The van der Waals surface area contributed by atoms with Crippen molar-refractivity contribution in [3.8, 4) is 0 Å². The second-order valence-electron chi connectivity index (χ2n) is 6.32. The quantitative estimate of drug-likeness (QED) is 0.853. The lowest BCUT2D eigenvalue weighted by molar-refractivity contribution is -0.126.